The second-order valence-electron chi connectivity index (χ2n) is 5.21. The lowest BCUT2D eigenvalue weighted by Gasteiger charge is -2.13. The van der Waals surface area contributed by atoms with Gasteiger partial charge >= 0.3 is 0 Å². The van der Waals surface area contributed by atoms with Crippen molar-refractivity contribution in [3.8, 4) is 28.6 Å². The fourth-order valence-electron chi connectivity index (χ4n) is 2.58. The van der Waals surface area contributed by atoms with Crippen molar-refractivity contribution in [2.45, 2.75) is 0 Å². The molecule has 1 aromatic heterocycles. The van der Waals surface area contributed by atoms with Gasteiger partial charge in [0.1, 0.15) is 5.76 Å². The Bertz CT molecular complexity index is 1030. The zero-order chi connectivity index (χ0) is 18.0. The van der Waals surface area contributed by atoms with Crippen LogP contribution in [0.15, 0.2) is 56.5 Å². The van der Waals surface area contributed by atoms with Crippen molar-refractivity contribution in [1.29, 1.82) is 0 Å². The molecule has 0 N–H and O–H groups in total. The monoisotopic (exact) mass is 340 g/mol. The molecule has 25 heavy (non-hydrogen) atoms. The molecule has 6 nitrogen and oxygen atoms in total. The summed E-state index contributed by atoms with van der Waals surface area (Å²) in [5.74, 6) is 1.49. The standard InChI is InChI=1S/C19H16O6/c1-22-16-8-11(9-17(23-2)19(16)24-3)15-10-14(21)12-6-4-5-7-13(20)18(12)25-15/h4-10H,1-3H3. The molecule has 1 heterocycles. The highest BCUT2D eigenvalue weighted by atomic mass is 16.5. The van der Waals surface area contributed by atoms with Crippen LogP contribution in [0.2, 0.25) is 0 Å². The molecule has 0 bridgehead atoms. The number of ether oxygens (including phenoxy) is 3. The van der Waals surface area contributed by atoms with Gasteiger partial charge in [-0.05, 0) is 24.3 Å². The molecule has 2 aromatic carbocycles. The maximum absolute atomic E-state index is 12.4. The second kappa shape index (κ2) is 6.68. The van der Waals surface area contributed by atoms with E-state index >= 15 is 0 Å². The van der Waals surface area contributed by atoms with E-state index in [-0.39, 0.29) is 27.6 Å². The smallest absolute Gasteiger partial charge is 0.221 e. The van der Waals surface area contributed by atoms with Gasteiger partial charge in [-0.2, -0.15) is 0 Å². The third-order valence-corrected chi connectivity index (χ3v) is 3.78. The van der Waals surface area contributed by atoms with Crippen LogP contribution in [0, 0.1) is 0 Å². The molecule has 3 aromatic rings. The average Bonchev–Trinajstić information content (AvgIpc) is 2.82. The van der Waals surface area contributed by atoms with Crippen LogP contribution in [-0.4, -0.2) is 21.3 Å². The van der Waals surface area contributed by atoms with Gasteiger partial charge in [-0.25, -0.2) is 0 Å². The fourth-order valence-corrected chi connectivity index (χ4v) is 2.58. The van der Waals surface area contributed by atoms with Crippen LogP contribution in [-0.2, 0) is 0 Å². The first-order valence-corrected chi connectivity index (χ1v) is 7.46. The molecular formula is C19H16O6. The van der Waals surface area contributed by atoms with E-state index in [1.54, 1.807) is 30.3 Å². The normalized spacial score (nSPS) is 10.5. The second-order valence-corrected chi connectivity index (χ2v) is 5.21. The Balaban J connectivity index is 2.33. The zero-order valence-corrected chi connectivity index (χ0v) is 14.0. The molecule has 0 spiro atoms. The number of fused-ring (bicyclic) bond motifs is 1. The van der Waals surface area contributed by atoms with Gasteiger partial charge in [-0.15, -0.1) is 0 Å². The number of methoxy groups -OCH3 is 3. The van der Waals surface area contributed by atoms with Crippen LogP contribution in [0.5, 0.6) is 17.2 Å². The molecular weight excluding hydrogens is 324 g/mol. The highest BCUT2D eigenvalue weighted by Gasteiger charge is 2.16. The van der Waals surface area contributed by atoms with Gasteiger partial charge in [0.25, 0.3) is 0 Å². The number of hydrogen-bond donors (Lipinski definition) is 0. The molecule has 128 valence electrons. The Kier molecular flexibility index (Phi) is 4.43. The van der Waals surface area contributed by atoms with Crippen LogP contribution in [0.3, 0.4) is 0 Å². The summed E-state index contributed by atoms with van der Waals surface area (Å²) in [7, 11) is 4.49. The number of benzene rings is 1. The molecule has 0 atom stereocenters. The SMILES string of the molecule is COc1cc(-c2cc(=O)c3ccccc(=O)c3o2)cc(OC)c1OC. The minimum atomic E-state index is -0.369. The highest BCUT2D eigenvalue weighted by Crippen LogP contribution is 2.41. The van der Waals surface area contributed by atoms with Gasteiger partial charge in [0.15, 0.2) is 22.5 Å². The van der Waals surface area contributed by atoms with E-state index in [1.165, 1.54) is 33.5 Å². The fraction of sp³-hybridized carbons (Fsp3) is 0.158. The lowest BCUT2D eigenvalue weighted by Crippen LogP contribution is -2.05. The lowest BCUT2D eigenvalue weighted by molar-refractivity contribution is 0.324. The van der Waals surface area contributed by atoms with Gasteiger partial charge in [-0.3, -0.25) is 9.59 Å². The van der Waals surface area contributed by atoms with Gasteiger partial charge in [-0.1, -0.05) is 12.1 Å². The minimum absolute atomic E-state index is 0.00116. The third-order valence-electron chi connectivity index (χ3n) is 3.78. The summed E-state index contributed by atoms with van der Waals surface area (Å²) in [6.45, 7) is 0. The largest absolute Gasteiger partial charge is 0.493 e. The van der Waals surface area contributed by atoms with Crippen LogP contribution >= 0.6 is 0 Å². The van der Waals surface area contributed by atoms with Gasteiger partial charge in [0.2, 0.25) is 11.2 Å². The maximum atomic E-state index is 12.4. The predicted molar refractivity (Wildman–Crippen MR) is 93.8 cm³/mol. The summed E-state index contributed by atoms with van der Waals surface area (Å²) in [6.07, 6.45) is 0. The number of rotatable bonds is 4. The Hall–Kier alpha value is -3.28. The molecule has 0 aliphatic rings. The molecule has 0 fully saturated rings. The maximum Gasteiger partial charge on any atom is 0.221 e. The predicted octanol–water partition coefficient (Wildman–Crippen LogP) is 2.85. The summed E-state index contributed by atoms with van der Waals surface area (Å²) in [4.78, 5) is 24.6. The van der Waals surface area contributed by atoms with Crippen LogP contribution in [0.1, 0.15) is 0 Å². The molecule has 0 aliphatic carbocycles. The number of hydrogen-bond acceptors (Lipinski definition) is 6. The molecule has 0 amide bonds. The first-order valence-electron chi connectivity index (χ1n) is 7.46. The quantitative estimate of drug-likeness (QED) is 0.727. The average molecular weight is 340 g/mol. The van der Waals surface area contributed by atoms with Crippen molar-refractivity contribution in [2.75, 3.05) is 21.3 Å². The van der Waals surface area contributed by atoms with E-state index < -0.39 is 0 Å². The summed E-state index contributed by atoms with van der Waals surface area (Å²) >= 11 is 0. The third kappa shape index (κ3) is 2.94. The van der Waals surface area contributed by atoms with Crippen molar-refractivity contribution >= 4 is 11.0 Å². The molecule has 0 saturated carbocycles. The summed E-state index contributed by atoms with van der Waals surface area (Å²) in [5, 5.41) is 0.228. The molecule has 0 radical (unpaired) electrons. The molecule has 6 heteroatoms. The van der Waals surface area contributed by atoms with Gasteiger partial charge in [0, 0.05) is 11.6 Å². The summed E-state index contributed by atoms with van der Waals surface area (Å²) < 4.78 is 21.6. The molecule has 0 saturated heterocycles. The van der Waals surface area contributed by atoms with Crippen molar-refractivity contribution in [2.24, 2.45) is 0 Å². The first-order chi connectivity index (χ1) is 12.1. The molecule has 3 rings (SSSR count). The van der Waals surface area contributed by atoms with Gasteiger partial charge in [0.05, 0.1) is 26.7 Å². The Morgan fingerprint density at radius 2 is 1.44 bits per heavy atom. The summed E-state index contributed by atoms with van der Waals surface area (Å²) in [6, 6.07) is 10.7. The van der Waals surface area contributed by atoms with Crippen LogP contribution in [0.25, 0.3) is 22.3 Å². The van der Waals surface area contributed by atoms with Crippen molar-refractivity contribution in [3.63, 3.8) is 0 Å². The summed E-state index contributed by atoms with van der Waals surface area (Å²) in [5.41, 5.74) is -0.148. The van der Waals surface area contributed by atoms with E-state index in [4.69, 9.17) is 18.6 Å². The van der Waals surface area contributed by atoms with E-state index in [0.717, 1.165) is 0 Å². The topological polar surface area (TPSA) is 75.0 Å². The van der Waals surface area contributed by atoms with Crippen molar-refractivity contribution in [3.05, 3.63) is 62.9 Å². The van der Waals surface area contributed by atoms with Crippen molar-refractivity contribution in [1.82, 2.24) is 0 Å². The van der Waals surface area contributed by atoms with E-state index in [2.05, 4.69) is 0 Å². The van der Waals surface area contributed by atoms with Crippen LogP contribution in [0.4, 0.5) is 0 Å². The zero-order valence-electron chi connectivity index (χ0n) is 14.0. The molecule has 0 aliphatic heterocycles. The Labute approximate surface area is 143 Å². The lowest BCUT2D eigenvalue weighted by atomic mass is 10.1. The van der Waals surface area contributed by atoms with E-state index in [0.29, 0.717) is 22.8 Å². The van der Waals surface area contributed by atoms with E-state index in [9.17, 15) is 9.59 Å². The first kappa shape index (κ1) is 16.6. The van der Waals surface area contributed by atoms with Crippen molar-refractivity contribution < 1.29 is 18.6 Å². The minimum Gasteiger partial charge on any atom is -0.493 e. The highest BCUT2D eigenvalue weighted by molar-refractivity contribution is 5.78. The van der Waals surface area contributed by atoms with Gasteiger partial charge < -0.3 is 18.6 Å². The van der Waals surface area contributed by atoms with E-state index in [1.807, 2.05) is 0 Å². The van der Waals surface area contributed by atoms with Crippen LogP contribution < -0.4 is 25.1 Å². The Morgan fingerprint density at radius 1 is 0.800 bits per heavy atom. The Morgan fingerprint density at radius 3 is 2.04 bits per heavy atom. The molecule has 0 unspecified atom stereocenters.